The summed E-state index contributed by atoms with van der Waals surface area (Å²) in [6.07, 6.45) is 2.63. The minimum Gasteiger partial charge on any atom is -0.389 e. The van der Waals surface area contributed by atoms with Gasteiger partial charge in [0.15, 0.2) is 0 Å². The molecular formula is C16H24FNO2. The third kappa shape index (κ3) is 3.70. The summed E-state index contributed by atoms with van der Waals surface area (Å²) in [4.78, 5) is 2.05. The first-order valence-electron chi connectivity index (χ1n) is 7.46. The highest BCUT2D eigenvalue weighted by Crippen LogP contribution is 2.26. The number of benzene rings is 1. The smallest absolute Gasteiger partial charge is 0.146 e. The maximum Gasteiger partial charge on any atom is 0.146 e. The molecule has 0 aliphatic carbocycles. The van der Waals surface area contributed by atoms with Gasteiger partial charge in [-0.1, -0.05) is 13.0 Å². The number of hydrogen-bond donors (Lipinski definition) is 1. The first-order valence-corrected chi connectivity index (χ1v) is 7.46. The van der Waals surface area contributed by atoms with Gasteiger partial charge in [-0.25, -0.2) is 4.39 Å². The van der Waals surface area contributed by atoms with Gasteiger partial charge in [-0.15, -0.1) is 0 Å². The van der Waals surface area contributed by atoms with E-state index >= 15 is 0 Å². The Bertz CT molecular complexity index is 436. The van der Waals surface area contributed by atoms with Crippen molar-refractivity contribution in [3.8, 4) is 0 Å². The standard InChI is InChI=1S/C16H24FNO2/c1-3-9-20-14-5-4-8-18(11-14)16-7-6-13(12(2)19)10-15(16)17/h6-7,10,12,14,19H,3-5,8-9,11H2,1-2H3/t12-,14?/m0/s1. The molecule has 1 aliphatic rings. The lowest BCUT2D eigenvalue weighted by Gasteiger charge is -2.34. The van der Waals surface area contributed by atoms with Crippen LogP contribution in [0.2, 0.25) is 0 Å². The molecule has 1 heterocycles. The van der Waals surface area contributed by atoms with Gasteiger partial charge in [-0.2, -0.15) is 0 Å². The first-order chi connectivity index (χ1) is 9.61. The summed E-state index contributed by atoms with van der Waals surface area (Å²) in [7, 11) is 0. The average molecular weight is 281 g/mol. The minimum absolute atomic E-state index is 0.194. The Morgan fingerprint density at radius 2 is 2.30 bits per heavy atom. The Kier molecular flexibility index (Phi) is 5.38. The van der Waals surface area contributed by atoms with Crippen LogP contribution in [0.25, 0.3) is 0 Å². The second kappa shape index (κ2) is 7.04. The summed E-state index contributed by atoms with van der Waals surface area (Å²) in [5.74, 6) is -0.264. The van der Waals surface area contributed by atoms with Gasteiger partial charge < -0.3 is 14.7 Å². The summed E-state index contributed by atoms with van der Waals surface area (Å²) < 4.78 is 20.0. The molecule has 0 saturated carbocycles. The Balaban J connectivity index is 2.06. The zero-order chi connectivity index (χ0) is 14.5. The van der Waals surface area contributed by atoms with E-state index < -0.39 is 6.10 Å². The van der Waals surface area contributed by atoms with Crippen molar-refractivity contribution in [2.45, 2.75) is 45.3 Å². The molecular weight excluding hydrogens is 257 g/mol. The van der Waals surface area contributed by atoms with Crippen LogP contribution < -0.4 is 4.90 Å². The van der Waals surface area contributed by atoms with Gasteiger partial charge in [0.1, 0.15) is 5.82 Å². The minimum atomic E-state index is -0.638. The predicted molar refractivity (Wildman–Crippen MR) is 78.5 cm³/mol. The van der Waals surface area contributed by atoms with E-state index in [1.54, 1.807) is 19.1 Å². The van der Waals surface area contributed by atoms with Crippen LogP contribution in [0.15, 0.2) is 18.2 Å². The second-order valence-electron chi connectivity index (χ2n) is 5.47. The summed E-state index contributed by atoms with van der Waals surface area (Å²) in [6, 6.07) is 4.98. The summed E-state index contributed by atoms with van der Waals surface area (Å²) in [6.45, 7) is 6.10. The lowest BCUT2D eigenvalue weighted by molar-refractivity contribution is 0.0439. The number of aliphatic hydroxyl groups is 1. The zero-order valence-corrected chi connectivity index (χ0v) is 12.3. The molecule has 0 spiro atoms. The molecule has 2 rings (SSSR count). The highest BCUT2D eigenvalue weighted by Gasteiger charge is 2.22. The van der Waals surface area contributed by atoms with Gasteiger partial charge in [-0.05, 0) is 43.9 Å². The molecule has 112 valence electrons. The van der Waals surface area contributed by atoms with Crippen LogP contribution in [0.3, 0.4) is 0 Å². The van der Waals surface area contributed by atoms with Crippen LogP contribution in [-0.2, 0) is 4.74 Å². The van der Waals surface area contributed by atoms with Crippen LogP contribution in [0.5, 0.6) is 0 Å². The van der Waals surface area contributed by atoms with Crippen LogP contribution in [0, 0.1) is 5.82 Å². The summed E-state index contributed by atoms with van der Waals surface area (Å²) >= 11 is 0. The van der Waals surface area contributed by atoms with Gasteiger partial charge >= 0.3 is 0 Å². The normalized spacial score (nSPS) is 21.0. The van der Waals surface area contributed by atoms with Gasteiger partial charge in [-0.3, -0.25) is 0 Å². The molecule has 1 aromatic rings. The molecule has 0 amide bonds. The molecule has 3 nitrogen and oxygen atoms in total. The molecule has 1 aromatic carbocycles. The molecule has 0 bridgehead atoms. The highest BCUT2D eigenvalue weighted by molar-refractivity contribution is 5.50. The molecule has 4 heteroatoms. The third-order valence-corrected chi connectivity index (χ3v) is 3.73. The molecule has 0 aromatic heterocycles. The van der Waals surface area contributed by atoms with Crippen LogP contribution in [0.4, 0.5) is 10.1 Å². The average Bonchev–Trinajstić information content (AvgIpc) is 2.45. The van der Waals surface area contributed by atoms with Crippen LogP contribution in [-0.4, -0.2) is 30.9 Å². The van der Waals surface area contributed by atoms with Gasteiger partial charge in [0, 0.05) is 19.7 Å². The summed E-state index contributed by atoms with van der Waals surface area (Å²) in [5.41, 5.74) is 1.22. The zero-order valence-electron chi connectivity index (χ0n) is 12.3. The largest absolute Gasteiger partial charge is 0.389 e. The molecule has 1 aliphatic heterocycles. The van der Waals surface area contributed by atoms with Crippen molar-refractivity contribution in [2.24, 2.45) is 0 Å². The van der Waals surface area contributed by atoms with Crippen molar-refractivity contribution >= 4 is 5.69 Å². The molecule has 1 unspecified atom stereocenters. The monoisotopic (exact) mass is 281 g/mol. The SMILES string of the molecule is CCCOC1CCCN(c2ccc([C@H](C)O)cc2F)C1. The summed E-state index contributed by atoms with van der Waals surface area (Å²) in [5, 5.41) is 9.49. The number of nitrogens with zero attached hydrogens (tertiary/aromatic N) is 1. The van der Waals surface area contributed by atoms with Crippen molar-refractivity contribution in [2.75, 3.05) is 24.6 Å². The van der Waals surface area contributed by atoms with E-state index in [0.717, 1.165) is 39.0 Å². The number of ether oxygens (including phenoxy) is 1. The number of aliphatic hydroxyl groups excluding tert-OH is 1. The van der Waals surface area contributed by atoms with E-state index in [0.29, 0.717) is 11.3 Å². The van der Waals surface area contributed by atoms with E-state index in [1.807, 2.05) is 4.90 Å². The number of anilines is 1. The van der Waals surface area contributed by atoms with Crippen molar-refractivity contribution in [3.05, 3.63) is 29.6 Å². The molecule has 1 fully saturated rings. The maximum absolute atomic E-state index is 14.2. The Labute approximate surface area is 120 Å². The van der Waals surface area contributed by atoms with E-state index in [-0.39, 0.29) is 11.9 Å². The fraction of sp³-hybridized carbons (Fsp3) is 0.625. The molecule has 2 atom stereocenters. The van der Waals surface area contributed by atoms with Gasteiger partial charge in [0.25, 0.3) is 0 Å². The molecule has 0 radical (unpaired) electrons. The number of piperidine rings is 1. The van der Waals surface area contributed by atoms with Crippen molar-refractivity contribution in [1.29, 1.82) is 0 Å². The molecule has 1 N–H and O–H groups in total. The topological polar surface area (TPSA) is 32.7 Å². The fourth-order valence-electron chi connectivity index (χ4n) is 2.62. The van der Waals surface area contributed by atoms with E-state index in [4.69, 9.17) is 4.74 Å². The third-order valence-electron chi connectivity index (χ3n) is 3.73. The Morgan fingerprint density at radius 1 is 1.50 bits per heavy atom. The lowest BCUT2D eigenvalue weighted by atomic mass is 10.1. The van der Waals surface area contributed by atoms with Gasteiger partial charge in [0.2, 0.25) is 0 Å². The Hall–Kier alpha value is -1.13. The number of hydrogen-bond acceptors (Lipinski definition) is 3. The highest BCUT2D eigenvalue weighted by atomic mass is 19.1. The van der Waals surface area contributed by atoms with Crippen molar-refractivity contribution < 1.29 is 14.2 Å². The predicted octanol–water partition coefficient (Wildman–Crippen LogP) is 3.27. The molecule has 20 heavy (non-hydrogen) atoms. The quantitative estimate of drug-likeness (QED) is 0.899. The van der Waals surface area contributed by atoms with Crippen molar-refractivity contribution in [1.82, 2.24) is 0 Å². The maximum atomic E-state index is 14.2. The van der Waals surface area contributed by atoms with E-state index in [9.17, 15) is 9.50 Å². The first kappa shape index (κ1) is 15.3. The van der Waals surface area contributed by atoms with E-state index in [1.165, 1.54) is 6.07 Å². The van der Waals surface area contributed by atoms with Gasteiger partial charge in [0.05, 0.1) is 17.9 Å². The fourth-order valence-corrected chi connectivity index (χ4v) is 2.62. The number of rotatable bonds is 5. The second-order valence-corrected chi connectivity index (χ2v) is 5.47. The van der Waals surface area contributed by atoms with Crippen LogP contribution in [0.1, 0.15) is 44.8 Å². The number of halogens is 1. The van der Waals surface area contributed by atoms with Crippen LogP contribution >= 0.6 is 0 Å². The molecule has 1 saturated heterocycles. The Morgan fingerprint density at radius 3 is 2.95 bits per heavy atom. The van der Waals surface area contributed by atoms with E-state index in [2.05, 4.69) is 6.92 Å². The van der Waals surface area contributed by atoms with Crippen molar-refractivity contribution in [3.63, 3.8) is 0 Å². The lowest BCUT2D eigenvalue weighted by Crippen LogP contribution is -2.40.